The smallest absolute Gasteiger partial charge is 0.0589 e. The lowest BCUT2D eigenvalue weighted by Gasteiger charge is -2.28. The zero-order valence-electron chi connectivity index (χ0n) is 13.1. The summed E-state index contributed by atoms with van der Waals surface area (Å²) in [6.07, 6.45) is 2.20. The predicted molar refractivity (Wildman–Crippen MR) is 88.7 cm³/mol. The van der Waals surface area contributed by atoms with E-state index >= 15 is 0 Å². The average molecular weight is 311 g/mol. The Kier molecular flexibility index (Phi) is 6.49. The quantitative estimate of drug-likeness (QED) is 0.812. The van der Waals surface area contributed by atoms with E-state index in [0.29, 0.717) is 12.0 Å². The van der Waals surface area contributed by atoms with Gasteiger partial charge in [-0.3, -0.25) is 4.90 Å². The number of rotatable bonds is 7. The monoisotopic (exact) mass is 310 g/mol. The van der Waals surface area contributed by atoms with Gasteiger partial charge in [-0.1, -0.05) is 43.6 Å². The highest BCUT2D eigenvalue weighted by Gasteiger charge is 2.30. The summed E-state index contributed by atoms with van der Waals surface area (Å²) >= 11 is 6.34. The minimum absolute atomic E-state index is 0.263. The van der Waals surface area contributed by atoms with Gasteiger partial charge in [0.1, 0.15) is 0 Å². The topological polar surface area (TPSA) is 35.5 Å². The number of halogens is 1. The number of aliphatic hydroxyl groups excluding tert-OH is 1. The van der Waals surface area contributed by atoms with Crippen molar-refractivity contribution in [2.75, 3.05) is 26.2 Å². The number of likely N-dealkylation sites (tertiary alicyclic amines) is 1. The van der Waals surface area contributed by atoms with Crippen LogP contribution in [0.5, 0.6) is 0 Å². The first-order chi connectivity index (χ1) is 10.2. The van der Waals surface area contributed by atoms with E-state index < -0.39 is 0 Å². The minimum Gasteiger partial charge on any atom is -0.395 e. The molecule has 1 saturated heterocycles. The fourth-order valence-corrected chi connectivity index (χ4v) is 3.59. The Morgan fingerprint density at radius 2 is 2.19 bits per heavy atom. The molecule has 4 heteroatoms. The van der Waals surface area contributed by atoms with Crippen LogP contribution in [0.25, 0.3) is 0 Å². The second kappa shape index (κ2) is 8.14. The second-order valence-electron chi connectivity index (χ2n) is 5.97. The Morgan fingerprint density at radius 3 is 2.86 bits per heavy atom. The molecule has 0 bridgehead atoms. The van der Waals surface area contributed by atoms with Gasteiger partial charge < -0.3 is 10.4 Å². The molecule has 0 aromatic heterocycles. The molecule has 3 atom stereocenters. The van der Waals surface area contributed by atoms with Crippen molar-refractivity contribution < 1.29 is 5.11 Å². The first kappa shape index (κ1) is 16.8. The van der Waals surface area contributed by atoms with Gasteiger partial charge in [0.05, 0.1) is 6.61 Å². The van der Waals surface area contributed by atoms with E-state index in [1.807, 2.05) is 18.2 Å². The minimum atomic E-state index is 0.263. The van der Waals surface area contributed by atoms with Gasteiger partial charge in [0.15, 0.2) is 0 Å². The average Bonchev–Trinajstić information content (AvgIpc) is 2.84. The van der Waals surface area contributed by atoms with Gasteiger partial charge in [0.2, 0.25) is 0 Å². The van der Waals surface area contributed by atoms with Gasteiger partial charge in [-0.25, -0.2) is 0 Å². The molecule has 118 valence electrons. The summed E-state index contributed by atoms with van der Waals surface area (Å²) in [6, 6.07) is 8.66. The molecule has 0 saturated carbocycles. The molecule has 0 amide bonds. The molecule has 0 spiro atoms. The molecule has 1 aromatic rings. The highest BCUT2D eigenvalue weighted by molar-refractivity contribution is 6.31. The van der Waals surface area contributed by atoms with Crippen molar-refractivity contribution in [3.05, 3.63) is 34.9 Å². The van der Waals surface area contributed by atoms with E-state index in [4.69, 9.17) is 11.6 Å². The molecule has 1 heterocycles. The van der Waals surface area contributed by atoms with Crippen LogP contribution in [0, 0.1) is 5.92 Å². The fourth-order valence-electron chi connectivity index (χ4n) is 3.33. The van der Waals surface area contributed by atoms with Crippen LogP contribution in [-0.4, -0.2) is 42.3 Å². The maximum absolute atomic E-state index is 9.56. The highest BCUT2D eigenvalue weighted by atomic mass is 35.5. The lowest BCUT2D eigenvalue weighted by Crippen LogP contribution is -2.37. The van der Waals surface area contributed by atoms with Crippen molar-refractivity contribution in [3.63, 3.8) is 0 Å². The largest absolute Gasteiger partial charge is 0.395 e. The molecule has 3 unspecified atom stereocenters. The molecule has 2 rings (SSSR count). The molecule has 1 aliphatic rings. The molecule has 0 radical (unpaired) electrons. The molecule has 3 nitrogen and oxygen atoms in total. The van der Waals surface area contributed by atoms with Crippen LogP contribution in [0.15, 0.2) is 24.3 Å². The highest BCUT2D eigenvalue weighted by Crippen LogP contribution is 2.28. The summed E-state index contributed by atoms with van der Waals surface area (Å²) in [5.41, 5.74) is 1.17. The first-order valence-corrected chi connectivity index (χ1v) is 8.37. The van der Waals surface area contributed by atoms with E-state index in [9.17, 15) is 5.11 Å². The van der Waals surface area contributed by atoms with Gasteiger partial charge in [0, 0.05) is 23.7 Å². The summed E-state index contributed by atoms with van der Waals surface area (Å²) in [5, 5.41) is 13.9. The van der Waals surface area contributed by atoms with Gasteiger partial charge >= 0.3 is 0 Å². The Balaban J connectivity index is 1.99. The number of hydrogen-bond acceptors (Lipinski definition) is 3. The summed E-state index contributed by atoms with van der Waals surface area (Å²) in [7, 11) is 0. The van der Waals surface area contributed by atoms with E-state index in [1.165, 1.54) is 12.0 Å². The van der Waals surface area contributed by atoms with Crippen LogP contribution in [0.3, 0.4) is 0 Å². The number of aliphatic hydroxyl groups is 1. The lowest BCUT2D eigenvalue weighted by molar-refractivity contribution is 0.135. The zero-order valence-corrected chi connectivity index (χ0v) is 13.8. The SMILES string of the molecule is CCNC(CCN1CCC(C)C1CO)c1ccccc1Cl. The van der Waals surface area contributed by atoms with Gasteiger partial charge in [-0.2, -0.15) is 0 Å². The van der Waals surface area contributed by atoms with Crippen LogP contribution in [-0.2, 0) is 0 Å². The zero-order chi connectivity index (χ0) is 15.2. The van der Waals surface area contributed by atoms with E-state index in [0.717, 1.165) is 31.1 Å². The third kappa shape index (κ3) is 4.19. The van der Waals surface area contributed by atoms with Crippen molar-refractivity contribution in [2.24, 2.45) is 5.92 Å². The molecule has 1 aromatic carbocycles. The maximum atomic E-state index is 9.56. The van der Waals surface area contributed by atoms with Gasteiger partial charge in [-0.15, -0.1) is 0 Å². The molecule has 1 fully saturated rings. The van der Waals surface area contributed by atoms with E-state index in [2.05, 4.69) is 30.1 Å². The standard InChI is InChI=1S/C17H27ClN2O/c1-3-19-16(14-6-4-5-7-15(14)18)9-11-20-10-8-13(2)17(20)12-21/h4-7,13,16-17,19,21H,3,8-12H2,1-2H3. The third-order valence-corrected chi connectivity index (χ3v) is 4.96. The lowest BCUT2D eigenvalue weighted by atomic mass is 10.0. The number of nitrogens with one attached hydrogen (secondary N) is 1. The van der Waals surface area contributed by atoms with Crippen molar-refractivity contribution in [1.29, 1.82) is 0 Å². The van der Waals surface area contributed by atoms with Crippen LogP contribution in [0.4, 0.5) is 0 Å². The van der Waals surface area contributed by atoms with Crippen molar-refractivity contribution >= 4 is 11.6 Å². The van der Waals surface area contributed by atoms with E-state index in [1.54, 1.807) is 0 Å². The summed E-state index contributed by atoms with van der Waals surface area (Å²) in [5.74, 6) is 0.591. The molecular weight excluding hydrogens is 284 g/mol. The van der Waals surface area contributed by atoms with Crippen molar-refractivity contribution in [3.8, 4) is 0 Å². The Labute approximate surface area is 133 Å². The van der Waals surface area contributed by atoms with Crippen LogP contribution >= 0.6 is 11.6 Å². The maximum Gasteiger partial charge on any atom is 0.0589 e. The van der Waals surface area contributed by atoms with Crippen LogP contribution < -0.4 is 5.32 Å². The molecular formula is C17H27ClN2O. The normalized spacial score (nSPS) is 24.4. The third-order valence-electron chi connectivity index (χ3n) is 4.62. The molecule has 0 aliphatic carbocycles. The van der Waals surface area contributed by atoms with Crippen LogP contribution in [0.1, 0.15) is 38.3 Å². The van der Waals surface area contributed by atoms with E-state index in [-0.39, 0.29) is 12.6 Å². The summed E-state index contributed by atoms with van der Waals surface area (Å²) in [4.78, 5) is 2.42. The number of hydrogen-bond donors (Lipinski definition) is 2. The number of benzene rings is 1. The molecule has 2 N–H and O–H groups in total. The second-order valence-corrected chi connectivity index (χ2v) is 6.38. The van der Waals surface area contributed by atoms with Crippen molar-refractivity contribution in [2.45, 2.75) is 38.8 Å². The summed E-state index contributed by atoms with van der Waals surface area (Å²) < 4.78 is 0. The predicted octanol–water partition coefficient (Wildman–Crippen LogP) is 3.08. The van der Waals surface area contributed by atoms with Crippen LogP contribution in [0.2, 0.25) is 5.02 Å². The first-order valence-electron chi connectivity index (χ1n) is 8.00. The fraction of sp³-hybridized carbons (Fsp3) is 0.647. The Morgan fingerprint density at radius 1 is 1.43 bits per heavy atom. The molecule has 1 aliphatic heterocycles. The van der Waals surface area contributed by atoms with Gasteiger partial charge in [-0.05, 0) is 43.5 Å². The Hall–Kier alpha value is -0.610. The van der Waals surface area contributed by atoms with Crippen molar-refractivity contribution in [1.82, 2.24) is 10.2 Å². The summed E-state index contributed by atoms with van der Waals surface area (Å²) in [6.45, 7) is 7.64. The Bertz CT molecular complexity index is 441. The van der Waals surface area contributed by atoms with Gasteiger partial charge in [0.25, 0.3) is 0 Å². The molecule has 21 heavy (non-hydrogen) atoms. The number of nitrogens with zero attached hydrogens (tertiary/aromatic N) is 1.